The van der Waals surface area contributed by atoms with Crippen molar-refractivity contribution in [3.05, 3.63) is 230 Å². The van der Waals surface area contributed by atoms with Crippen molar-refractivity contribution in [2.75, 3.05) is 0 Å². The number of benzene rings is 9. The lowest BCUT2D eigenvalue weighted by Gasteiger charge is -2.28. The highest BCUT2D eigenvalue weighted by molar-refractivity contribution is 7.99. The minimum atomic E-state index is -0.561. The summed E-state index contributed by atoms with van der Waals surface area (Å²) in [6.45, 7) is 2.20. The van der Waals surface area contributed by atoms with Gasteiger partial charge in [0.15, 0.2) is 17.5 Å². The molecule has 0 radical (unpaired) electrons. The van der Waals surface area contributed by atoms with Gasteiger partial charge in [0.25, 0.3) is 0 Å². The van der Waals surface area contributed by atoms with Crippen LogP contribution < -0.4 is 4.74 Å². The van der Waals surface area contributed by atoms with Crippen molar-refractivity contribution in [3.63, 3.8) is 0 Å². The van der Waals surface area contributed by atoms with Gasteiger partial charge in [0.05, 0.1) is 27.8 Å². The second-order valence-corrected chi connectivity index (χ2v) is 20.0. The second-order valence-electron chi connectivity index (χ2n) is 18.9. The average Bonchev–Trinajstić information content (AvgIpc) is 4.06. The van der Waals surface area contributed by atoms with Gasteiger partial charge in [0.1, 0.15) is 11.4 Å². The minimum absolute atomic E-state index is 0.561. The highest BCUT2D eigenvalue weighted by Gasteiger charge is 2.43. The number of rotatable bonds is 6. The zero-order chi connectivity index (χ0) is 46.8. The first-order chi connectivity index (χ1) is 35.0. The molecule has 2 aliphatic heterocycles. The maximum Gasteiger partial charge on any atom is 0.164 e. The second kappa shape index (κ2) is 15.4. The fourth-order valence-electron chi connectivity index (χ4n) is 11.3. The van der Waals surface area contributed by atoms with E-state index in [1.165, 1.54) is 64.7 Å². The number of aromatic nitrogens is 5. The maximum absolute atomic E-state index is 6.91. The molecule has 9 aromatic carbocycles. The molecule has 1 atom stereocenters. The molecule has 5 heterocycles. The first kappa shape index (κ1) is 40.1. The molecule has 0 fully saturated rings. The Bertz CT molecular complexity index is 4210. The van der Waals surface area contributed by atoms with E-state index in [1.807, 2.05) is 78.5 Å². The summed E-state index contributed by atoms with van der Waals surface area (Å²) in [6, 6.07) is 73.7. The standard InChI is InChI=1S/C64H41N5OS/c1-64-33-32-43(37-51(64)59-47(23-15-26-56(59)70-64)63-66-61(39-16-5-2-6-17-39)65-62(67-63)40-18-7-3-8-19-40)41-28-30-53-48(34-41)49-35-42(29-31-54(49)68(53)45-20-9-4-10-21-45)44-36-50-46-22-11-12-24-52(46)69-55-25-13-14-27-57(55)71-58(38-44)60(50)69/h2-32,34-38H,33H2,1H3. The number of allylic oxidation sites excluding steroid dienone is 2. The molecule has 0 bridgehead atoms. The molecule has 15 rings (SSSR count). The van der Waals surface area contributed by atoms with Crippen LogP contribution in [0.25, 0.3) is 111 Å². The first-order valence-corrected chi connectivity index (χ1v) is 25.0. The average molecular weight is 928 g/mol. The molecule has 71 heavy (non-hydrogen) atoms. The molecule has 0 saturated heterocycles. The Morgan fingerprint density at radius 3 is 1.86 bits per heavy atom. The van der Waals surface area contributed by atoms with Crippen molar-refractivity contribution >= 4 is 66.5 Å². The molecule has 3 aromatic heterocycles. The highest BCUT2D eigenvalue weighted by atomic mass is 32.2. The fourth-order valence-corrected chi connectivity index (χ4v) is 12.4. The Hall–Kier alpha value is -8.78. The van der Waals surface area contributed by atoms with E-state index >= 15 is 0 Å². The van der Waals surface area contributed by atoms with Crippen LogP contribution in [0.4, 0.5) is 0 Å². The predicted molar refractivity (Wildman–Crippen MR) is 290 cm³/mol. The molecule has 0 spiro atoms. The molecule has 0 amide bonds. The van der Waals surface area contributed by atoms with Crippen LogP contribution in [0.15, 0.2) is 228 Å². The normalized spacial score (nSPS) is 15.6. The van der Waals surface area contributed by atoms with Gasteiger partial charge in [-0.25, -0.2) is 15.0 Å². The molecule has 1 aliphatic carbocycles. The van der Waals surface area contributed by atoms with Gasteiger partial charge in [-0.15, -0.1) is 0 Å². The molecule has 12 aromatic rings. The Morgan fingerprint density at radius 2 is 1.10 bits per heavy atom. The topological polar surface area (TPSA) is 57.8 Å². The van der Waals surface area contributed by atoms with Crippen LogP contribution in [0.3, 0.4) is 0 Å². The summed E-state index contributed by atoms with van der Waals surface area (Å²) in [4.78, 5) is 17.9. The summed E-state index contributed by atoms with van der Waals surface area (Å²) >= 11 is 1.87. The Morgan fingerprint density at radius 1 is 0.479 bits per heavy atom. The zero-order valence-electron chi connectivity index (χ0n) is 38.5. The summed E-state index contributed by atoms with van der Waals surface area (Å²) in [5.74, 6) is 2.71. The van der Waals surface area contributed by atoms with Gasteiger partial charge in [-0.05, 0) is 108 Å². The van der Waals surface area contributed by atoms with Gasteiger partial charge >= 0.3 is 0 Å². The van der Waals surface area contributed by atoms with Gasteiger partial charge in [0.2, 0.25) is 0 Å². The van der Waals surface area contributed by atoms with Crippen LogP contribution in [0.2, 0.25) is 0 Å². The quantitative estimate of drug-likeness (QED) is 0.166. The van der Waals surface area contributed by atoms with Crippen molar-refractivity contribution in [3.8, 4) is 62.4 Å². The van der Waals surface area contributed by atoms with Crippen molar-refractivity contribution in [2.24, 2.45) is 0 Å². The first-order valence-electron chi connectivity index (χ1n) is 24.1. The summed E-state index contributed by atoms with van der Waals surface area (Å²) in [6.07, 6.45) is 5.39. The molecule has 334 valence electrons. The predicted octanol–water partition coefficient (Wildman–Crippen LogP) is 16.2. The lowest BCUT2D eigenvalue weighted by Crippen LogP contribution is -2.30. The maximum atomic E-state index is 6.91. The van der Waals surface area contributed by atoms with Gasteiger partial charge < -0.3 is 13.9 Å². The van der Waals surface area contributed by atoms with Gasteiger partial charge in [0, 0.05) is 71.3 Å². The lowest BCUT2D eigenvalue weighted by molar-refractivity contribution is 0.170. The highest BCUT2D eigenvalue weighted by Crippen LogP contribution is 2.53. The molecule has 1 unspecified atom stereocenters. The van der Waals surface area contributed by atoms with E-state index in [4.69, 9.17) is 19.7 Å². The van der Waals surface area contributed by atoms with E-state index < -0.39 is 5.60 Å². The number of hydrogen-bond acceptors (Lipinski definition) is 5. The van der Waals surface area contributed by atoms with Crippen molar-refractivity contribution < 1.29 is 4.74 Å². The minimum Gasteiger partial charge on any atom is -0.482 e. The molecular weight excluding hydrogens is 887 g/mol. The lowest BCUT2D eigenvalue weighted by atomic mass is 9.80. The molecule has 0 saturated carbocycles. The van der Waals surface area contributed by atoms with Crippen LogP contribution in [0, 0.1) is 0 Å². The molecule has 7 heteroatoms. The van der Waals surface area contributed by atoms with Gasteiger partial charge in [-0.3, -0.25) is 0 Å². The Kier molecular flexibility index (Phi) is 8.68. The van der Waals surface area contributed by atoms with Gasteiger partial charge in [-0.2, -0.15) is 0 Å². The number of para-hydroxylation sites is 3. The van der Waals surface area contributed by atoms with E-state index in [2.05, 4.69) is 168 Å². The van der Waals surface area contributed by atoms with E-state index in [0.29, 0.717) is 23.9 Å². The zero-order valence-corrected chi connectivity index (χ0v) is 39.4. The number of ether oxygens (including phenoxy) is 1. The van der Waals surface area contributed by atoms with Crippen LogP contribution in [-0.4, -0.2) is 29.7 Å². The van der Waals surface area contributed by atoms with Crippen LogP contribution in [0.1, 0.15) is 24.5 Å². The van der Waals surface area contributed by atoms with Crippen LogP contribution >= 0.6 is 11.8 Å². The van der Waals surface area contributed by atoms with E-state index in [9.17, 15) is 0 Å². The third-order valence-electron chi connectivity index (χ3n) is 14.7. The molecule has 6 nitrogen and oxygen atoms in total. The van der Waals surface area contributed by atoms with Crippen molar-refractivity contribution in [1.29, 1.82) is 0 Å². The summed E-state index contributed by atoms with van der Waals surface area (Å²) < 4.78 is 11.8. The Labute approximate surface area is 413 Å². The van der Waals surface area contributed by atoms with Crippen LogP contribution in [-0.2, 0) is 0 Å². The summed E-state index contributed by atoms with van der Waals surface area (Å²) in [5.41, 5.74) is 16.3. The third-order valence-corrected chi connectivity index (χ3v) is 15.8. The van der Waals surface area contributed by atoms with Gasteiger partial charge in [-0.1, -0.05) is 151 Å². The van der Waals surface area contributed by atoms with Crippen molar-refractivity contribution in [2.45, 2.75) is 28.7 Å². The van der Waals surface area contributed by atoms with E-state index in [0.717, 1.165) is 55.9 Å². The summed E-state index contributed by atoms with van der Waals surface area (Å²) in [5, 5.41) is 4.96. The van der Waals surface area contributed by atoms with E-state index in [-0.39, 0.29) is 0 Å². The van der Waals surface area contributed by atoms with Crippen molar-refractivity contribution in [1.82, 2.24) is 24.1 Å². The van der Waals surface area contributed by atoms with Crippen LogP contribution in [0.5, 0.6) is 5.75 Å². The Balaban J connectivity index is 0.883. The number of hydrogen-bond donors (Lipinski definition) is 0. The molecule has 3 aliphatic rings. The monoisotopic (exact) mass is 927 g/mol. The smallest absolute Gasteiger partial charge is 0.164 e. The number of nitrogens with zero attached hydrogens (tertiary/aromatic N) is 5. The number of fused-ring (bicyclic) bond motifs is 11. The molecular formula is C64H41N5OS. The molecule has 0 N–H and O–H groups in total. The largest absolute Gasteiger partial charge is 0.482 e. The SMILES string of the molecule is CC12CC=C(c3ccc4c(c3)c3cc(-c5cc6c7c(c5)c5ccccc5n7-c5ccccc5S6)ccc3n4-c3ccccc3)C=C1c1c(cccc1-c1nc(-c3ccccc3)nc(-c3ccccc3)n1)O2. The third kappa shape index (κ3) is 6.19. The van der Waals surface area contributed by atoms with E-state index in [1.54, 1.807) is 0 Å². The summed E-state index contributed by atoms with van der Waals surface area (Å²) in [7, 11) is 0. The fraction of sp³-hybridized carbons (Fsp3) is 0.0469.